The number of hydrogen-bond acceptors (Lipinski definition) is 2. The first-order valence-corrected chi connectivity index (χ1v) is 7.38. The Kier molecular flexibility index (Phi) is 7.36. The Balaban J connectivity index is 2.37. The second-order valence-electron chi connectivity index (χ2n) is 5.37. The van der Waals surface area contributed by atoms with Crippen LogP contribution in [0.4, 0.5) is 9.18 Å². The molecule has 0 aliphatic heterocycles. The van der Waals surface area contributed by atoms with Gasteiger partial charge < -0.3 is 16.0 Å². The number of aryl methyl sites for hydroxylation is 1. The Morgan fingerprint density at radius 3 is 2.59 bits per heavy atom. The fraction of sp³-hybridized carbons (Fsp3) is 0.500. The van der Waals surface area contributed by atoms with E-state index in [0.29, 0.717) is 6.54 Å². The highest BCUT2D eigenvalue weighted by atomic mass is 19.1. The van der Waals surface area contributed by atoms with E-state index in [4.69, 9.17) is 0 Å². The van der Waals surface area contributed by atoms with Crippen molar-refractivity contribution in [3.8, 4) is 0 Å². The van der Waals surface area contributed by atoms with E-state index in [9.17, 15) is 14.0 Å². The highest BCUT2D eigenvalue weighted by Gasteiger charge is 2.15. The molecule has 122 valence electrons. The molecule has 0 saturated heterocycles. The van der Waals surface area contributed by atoms with Crippen LogP contribution in [0.25, 0.3) is 0 Å². The van der Waals surface area contributed by atoms with Crippen LogP contribution < -0.4 is 16.0 Å². The number of alkyl halides is 1. The van der Waals surface area contributed by atoms with Gasteiger partial charge in [-0.25, -0.2) is 9.18 Å². The fourth-order valence-corrected chi connectivity index (χ4v) is 1.98. The summed E-state index contributed by atoms with van der Waals surface area (Å²) in [5.41, 5.74) is 2.32. The van der Waals surface area contributed by atoms with Gasteiger partial charge in [-0.05, 0) is 25.3 Å². The smallest absolute Gasteiger partial charge is 0.315 e. The number of hydrogen-bond donors (Lipinski definition) is 3. The number of benzene rings is 1. The van der Waals surface area contributed by atoms with Gasteiger partial charge in [0.25, 0.3) is 0 Å². The molecule has 0 radical (unpaired) electrons. The third-order valence-corrected chi connectivity index (χ3v) is 3.31. The van der Waals surface area contributed by atoms with Crippen molar-refractivity contribution >= 4 is 11.9 Å². The maximum absolute atomic E-state index is 12.0. The predicted octanol–water partition coefficient (Wildman–Crippen LogP) is 1.87. The van der Waals surface area contributed by atoms with Crippen molar-refractivity contribution in [1.29, 1.82) is 0 Å². The van der Waals surface area contributed by atoms with Crippen molar-refractivity contribution in [1.82, 2.24) is 16.0 Å². The molecule has 0 saturated carbocycles. The monoisotopic (exact) mass is 309 g/mol. The SMILES string of the molecule is Cc1cccc(C(C)CNC(=O)NC(C)C(=O)NCCF)c1. The summed E-state index contributed by atoms with van der Waals surface area (Å²) >= 11 is 0. The molecular formula is C16H24FN3O2. The molecule has 0 heterocycles. The van der Waals surface area contributed by atoms with Gasteiger partial charge in [0.1, 0.15) is 12.7 Å². The molecule has 22 heavy (non-hydrogen) atoms. The number of amides is 3. The van der Waals surface area contributed by atoms with Gasteiger partial charge in [0.2, 0.25) is 5.91 Å². The van der Waals surface area contributed by atoms with Crippen LogP contribution in [0.1, 0.15) is 30.9 Å². The quantitative estimate of drug-likeness (QED) is 0.719. The number of carbonyl (C=O) groups is 2. The molecule has 2 unspecified atom stereocenters. The lowest BCUT2D eigenvalue weighted by molar-refractivity contribution is -0.122. The van der Waals surface area contributed by atoms with E-state index in [2.05, 4.69) is 22.0 Å². The van der Waals surface area contributed by atoms with E-state index >= 15 is 0 Å². The summed E-state index contributed by atoms with van der Waals surface area (Å²) in [5.74, 6) is -0.235. The number of carbonyl (C=O) groups excluding carboxylic acids is 2. The fourth-order valence-electron chi connectivity index (χ4n) is 1.98. The van der Waals surface area contributed by atoms with Crippen LogP contribution in [0.15, 0.2) is 24.3 Å². The minimum absolute atomic E-state index is 0.0448. The lowest BCUT2D eigenvalue weighted by Gasteiger charge is -2.17. The molecular weight excluding hydrogens is 285 g/mol. The molecule has 0 aliphatic rings. The molecule has 2 atom stereocenters. The minimum atomic E-state index is -0.708. The second kappa shape index (κ2) is 9.02. The van der Waals surface area contributed by atoms with E-state index in [0.717, 1.165) is 5.56 Å². The maximum atomic E-state index is 12.0. The molecule has 5 nitrogen and oxygen atoms in total. The molecule has 3 amide bonds. The summed E-state index contributed by atoms with van der Waals surface area (Å²) in [7, 11) is 0. The van der Waals surface area contributed by atoms with Crippen molar-refractivity contribution in [2.45, 2.75) is 32.7 Å². The largest absolute Gasteiger partial charge is 0.352 e. The van der Waals surface area contributed by atoms with Crippen molar-refractivity contribution in [2.24, 2.45) is 0 Å². The molecule has 0 spiro atoms. The summed E-state index contributed by atoms with van der Waals surface area (Å²) in [6.45, 7) is 5.39. The van der Waals surface area contributed by atoms with Gasteiger partial charge in [0.05, 0.1) is 0 Å². The van der Waals surface area contributed by atoms with Crippen molar-refractivity contribution in [2.75, 3.05) is 19.8 Å². The van der Waals surface area contributed by atoms with E-state index in [1.807, 2.05) is 32.0 Å². The van der Waals surface area contributed by atoms with Gasteiger partial charge in [0.15, 0.2) is 0 Å². The number of halogens is 1. The van der Waals surface area contributed by atoms with E-state index < -0.39 is 24.7 Å². The van der Waals surface area contributed by atoms with Crippen LogP contribution in [-0.2, 0) is 4.79 Å². The molecule has 6 heteroatoms. The van der Waals surface area contributed by atoms with Crippen molar-refractivity contribution < 1.29 is 14.0 Å². The number of rotatable bonds is 7. The summed E-state index contributed by atoms with van der Waals surface area (Å²) in [5, 5.41) is 7.64. The number of urea groups is 1. The van der Waals surface area contributed by atoms with E-state index in [1.165, 1.54) is 5.56 Å². The molecule has 3 N–H and O–H groups in total. The molecule has 1 aromatic rings. The Labute approximate surface area is 130 Å². The van der Waals surface area contributed by atoms with Crippen LogP contribution in [0.2, 0.25) is 0 Å². The summed E-state index contributed by atoms with van der Waals surface area (Å²) < 4.78 is 12.0. The Hall–Kier alpha value is -2.11. The Morgan fingerprint density at radius 1 is 1.23 bits per heavy atom. The zero-order valence-corrected chi connectivity index (χ0v) is 13.3. The van der Waals surface area contributed by atoms with Gasteiger partial charge in [-0.15, -0.1) is 0 Å². The van der Waals surface area contributed by atoms with Crippen LogP contribution in [0, 0.1) is 6.92 Å². The highest BCUT2D eigenvalue weighted by molar-refractivity contribution is 5.86. The first kappa shape index (κ1) is 17.9. The minimum Gasteiger partial charge on any atom is -0.352 e. The lowest BCUT2D eigenvalue weighted by atomic mass is 9.99. The summed E-state index contributed by atoms with van der Waals surface area (Å²) in [6, 6.07) is 6.98. The van der Waals surface area contributed by atoms with Gasteiger partial charge in [-0.2, -0.15) is 0 Å². The molecule has 0 aliphatic carbocycles. The van der Waals surface area contributed by atoms with Crippen LogP contribution in [-0.4, -0.2) is 37.7 Å². The lowest BCUT2D eigenvalue weighted by Crippen LogP contribution is -2.49. The Bertz CT molecular complexity index is 508. The first-order chi connectivity index (χ1) is 10.4. The normalized spacial score (nSPS) is 13.1. The molecule has 0 fully saturated rings. The molecule has 0 aromatic heterocycles. The van der Waals surface area contributed by atoms with Gasteiger partial charge >= 0.3 is 6.03 Å². The average Bonchev–Trinajstić information content (AvgIpc) is 2.50. The third kappa shape index (κ3) is 6.11. The molecule has 1 aromatic carbocycles. The van der Waals surface area contributed by atoms with Gasteiger partial charge in [0, 0.05) is 13.1 Å². The van der Waals surface area contributed by atoms with Crippen LogP contribution in [0.5, 0.6) is 0 Å². The van der Waals surface area contributed by atoms with Crippen LogP contribution in [0.3, 0.4) is 0 Å². The number of nitrogens with one attached hydrogen (secondary N) is 3. The van der Waals surface area contributed by atoms with Gasteiger partial charge in [-0.3, -0.25) is 4.79 Å². The highest BCUT2D eigenvalue weighted by Crippen LogP contribution is 2.15. The topological polar surface area (TPSA) is 70.2 Å². The average molecular weight is 309 g/mol. The maximum Gasteiger partial charge on any atom is 0.315 e. The summed E-state index contributed by atoms with van der Waals surface area (Å²) in [4.78, 5) is 23.3. The standard InChI is InChI=1S/C16H24FN3O2/c1-11-5-4-6-14(9-11)12(2)10-19-16(22)20-13(3)15(21)18-8-7-17/h4-6,9,12-13H,7-8,10H2,1-3H3,(H,18,21)(H2,19,20,22). The van der Waals surface area contributed by atoms with E-state index in [-0.39, 0.29) is 12.5 Å². The zero-order chi connectivity index (χ0) is 16.5. The predicted molar refractivity (Wildman–Crippen MR) is 84.6 cm³/mol. The third-order valence-electron chi connectivity index (χ3n) is 3.31. The second-order valence-corrected chi connectivity index (χ2v) is 5.37. The van der Waals surface area contributed by atoms with E-state index in [1.54, 1.807) is 6.92 Å². The molecule has 0 bridgehead atoms. The molecule has 1 rings (SSSR count). The zero-order valence-electron chi connectivity index (χ0n) is 13.3. The Morgan fingerprint density at radius 2 is 1.95 bits per heavy atom. The van der Waals surface area contributed by atoms with Gasteiger partial charge in [-0.1, -0.05) is 36.8 Å². The van der Waals surface area contributed by atoms with Crippen molar-refractivity contribution in [3.63, 3.8) is 0 Å². The van der Waals surface area contributed by atoms with Crippen molar-refractivity contribution in [3.05, 3.63) is 35.4 Å². The summed E-state index contributed by atoms with van der Waals surface area (Å²) in [6.07, 6.45) is 0. The van der Waals surface area contributed by atoms with Crippen LogP contribution >= 0.6 is 0 Å². The first-order valence-electron chi connectivity index (χ1n) is 7.38.